The Balaban J connectivity index is -0.00000154. The van der Waals surface area contributed by atoms with Crippen molar-refractivity contribution in [3.63, 3.8) is 0 Å². The summed E-state index contributed by atoms with van der Waals surface area (Å²) in [6, 6.07) is 0. The van der Waals surface area contributed by atoms with Crippen LogP contribution in [0, 0.1) is 0 Å². The van der Waals surface area contributed by atoms with E-state index in [1.165, 1.54) is 205 Å². The molecule has 0 atom stereocenters. The SMILES string of the molecule is CCCCCCCCCCCCCC(=O)OCCN(CCOC(=O)CCCCCCCCCCCCC)C(=O)C(F)(F)F.CCCCCCCCCCCCCC(=O)OCCN(CCOC(=O)CCCCCCCCCCCCC)C(=O)CBr.O=C(Br)CBr. The first kappa shape index (κ1) is 90.9. The van der Waals surface area contributed by atoms with Gasteiger partial charge in [-0.05, 0) is 41.6 Å². The standard InChI is InChI=1S/C34H64BrNO5.C34H62F3NO5.C2H2Br2O/c1-3-5-7-9-11-13-15-17-19-21-23-25-33(38)40-29-27-36(32(37)31-35)28-30-41-34(39)26-24-22-20-18-16-14-12-10-8-6-4-2;1-3-5-7-9-11-13-15-17-19-21-23-25-31(39)42-29-27-38(33(41)34(35,36)37)28-30-43-32(40)26-24-22-20-18-16-14-12-10-8-6-4-2;3-1-2(4)5/h3-31H2,1-2H3;3-30H2,1-2H3;1H2. The Kier molecular flexibility index (Phi) is 73.1. The number of ether oxygens (including phenoxy) is 4. The van der Waals surface area contributed by atoms with E-state index in [0.29, 0.717) is 49.0 Å². The summed E-state index contributed by atoms with van der Waals surface area (Å²) in [6.45, 7) is 8.41. The lowest BCUT2D eigenvalue weighted by Gasteiger charge is -2.23. The van der Waals surface area contributed by atoms with Crippen LogP contribution in [0.3, 0.4) is 0 Å². The first-order valence-electron chi connectivity index (χ1n) is 35.6. The molecule has 0 aromatic heterocycles. The average molecular weight is 1470 g/mol. The van der Waals surface area contributed by atoms with Crippen LogP contribution in [0.15, 0.2) is 0 Å². The average Bonchev–Trinajstić information content (AvgIpc) is 3.65. The topological polar surface area (TPSA) is 163 Å². The number of hydrogen-bond acceptors (Lipinski definition) is 11. The summed E-state index contributed by atoms with van der Waals surface area (Å²) >= 11 is 8.81. The van der Waals surface area contributed by atoms with E-state index >= 15 is 0 Å². The fourth-order valence-corrected chi connectivity index (χ4v) is 10.4. The smallest absolute Gasteiger partial charge is 0.464 e. The maximum Gasteiger partial charge on any atom is 0.471 e. The number of unbranched alkanes of at least 4 members (excludes halogenated alkanes) is 40. The minimum absolute atomic E-state index is 0.0162. The number of amides is 2. The van der Waals surface area contributed by atoms with E-state index in [1.54, 1.807) is 4.90 Å². The molecule has 89 heavy (non-hydrogen) atoms. The third-order valence-electron chi connectivity index (χ3n) is 15.5. The molecule has 0 aliphatic heterocycles. The first-order valence-corrected chi connectivity index (χ1v) is 38.6. The molecule has 0 N–H and O–H groups in total. The van der Waals surface area contributed by atoms with Crippen LogP contribution < -0.4 is 0 Å². The highest BCUT2D eigenvalue weighted by Gasteiger charge is 2.42. The highest BCUT2D eigenvalue weighted by molar-refractivity contribution is 9.19. The van der Waals surface area contributed by atoms with Crippen LogP contribution in [0.25, 0.3) is 0 Å². The van der Waals surface area contributed by atoms with Crippen molar-refractivity contribution in [3.05, 3.63) is 0 Å². The second-order valence-corrected chi connectivity index (χ2v) is 25.8. The fraction of sp³-hybridized carbons (Fsp3) is 0.900. The summed E-state index contributed by atoms with van der Waals surface area (Å²) in [5, 5.41) is 0.583. The van der Waals surface area contributed by atoms with Gasteiger partial charge in [0.1, 0.15) is 26.4 Å². The molecular weight excluding hydrogens is 1340 g/mol. The lowest BCUT2D eigenvalue weighted by molar-refractivity contribution is -0.187. The van der Waals surface area contributed by atoms with Crippen LogP contribution in [0.2, 0.25) is 0 Å². The Bertz CT molecular complexity index is 1560. The van der Waals surface area contributed by atoms with Gasteiger partial charge >= 0.3 is 36.0 Å². The number of alkyl halides is 5. The number of carbonyl (C=O) groups excluding carboxylic acids is 7. The van der Waals surface area contributed by atoms with Crippen molar-refractivity contribution in [2.24, 2.45) is 0 Å². The monoisotopic (exact) mass is 1470 g/mol. The molecule has 0 saturated carbocycles. The van der Waals surface area contributed by atoms with Gasteiger partial charge in [0.2, 0.25) is 10.6 Å². The molecule has 0 fully saturated rings. The molecule has 13 nitrogen and oxygen atoms in total. The quantitative estimate of drug-likeness (QED) is 0.0187. The predicted molar refractivity (Wildman–Crippen MR) is 369 cm³/mol. The molecule has 0 bridgehead atoms. The van der Waals surface area contributed by atoms with Gasteiger partial charge in [0.25, 0.3) is 0 Å². The van der Waals surface area contributed by atoms with E-state index in [2.05, 4.69) is 75.5 Å². The molecule has 0 rings (SSSR count). The second kappa shape index (κ2) is 71.6. The van der Waals surface area contributed by atoms with Gasteiger partial charge in [-0.2, -0.15) is 13.2 Å². The van der Waals surface area contributed by atoms with Crippen LogP contribution in [0.5, 0.6) is 0 Å². The van der Waals surface area contributed by atoms with E-state index in [1.807, 2.05) is 0 Å². The van der Waals surface area contributed by atoms with E-state index in [9.17, 15) is 46.7 Å². The lowest BCUT2D eigenvalue weighted by atomic mass is 10.1. The molecule has 19 heteroatoms. The zero-order chi connectivity index (χ0) is 66.5. The molecule has 0 aliphatic carbocycles. The number of esters is 4. The van der Waals surface area contributed by atoms with Crippen molar-refractivity contribution in [2.45, 2.75) is 342 Å². The molecule has 526 valence electrons. The van der Waals surface area contributed by atoms with Crippen molar-refractivity contribution in [3.8, 4) is 0 Å². The fourth-order valence-electron chi connectivity index (χ4n) is 10.0. The maximum atomic E-state index is 13.0. The third kappa shape index (κ3) is 71.4. The van der Waals surface area contributed by atoms with Crippen LogP contribution in [-0.2, 0) is 52.5 Å². The molecule has 0 saturated heterocycles. The minimum Gasteiger partial charge on any atom is -0.464 e. The summed E-state index contributed by atoms with van der Waals surface area (Å²) in [5.74, 6) is -3.50. The van der Waals surface area contributed by atoms with Crippen LogP contribution in [0.1, 0.15) is 336 Å². The van der Waals surface area contributed by atoms with Crippen molar-refractivity contribution >= 4 is 88.2 Å². The normalized spacial score (nSPS) is 11.0. The number of rotatable bonds is 62. The van der Waals surface area contributed by atoms with Crippen molar-refractivity contribution in [2.75, 3.05) is 63.3 Å². The Morgan fingerprint density at radius 3 is 0.652 bits per heavy atom. The molecule has 2 amide bonds. The summed E-state index contributed by atoms with van der Waals surface area (Å²) in [4.78, 5) is 83.9. The highest BCUT2D eigenvalue weighted by atomic mass is 79.9. The van der Waals surface area contributed by atoms with Crippen molar-refractivity contribution in [1.82, 2.24) is 9.80 Å². The summed E-state index contributed by atoms with van der Waals surface area (Å²) in [5.41, 5.74) is 0. The molecule has 0 unspecified atom stereocenters. The minimum atomic E-state index is -5.06. The van der Waals surface area contributed by atoms with Gasteiger partial charge < -0.3 is 28.7 Å². The van der Waals surface area contributed by atoms with Crippen molar-refractivity contribution < 1.29 is 65.7 Å². The van der Waals surface area contributed by atoms with E-state index in [-0.39, 0.29) is 67.1 Å². The number of halogens is 6. The molecule has 0 aromatic carbocycles. The van der Waals surface area contributed by atoms with Crippen molar-refractivity contribution in [1.29, 1.82) is 0 Å². The Hall–Kier alpha value is -2.28. The Morgan fingerprint density at radius 1 is 0.303 bits per heavy atom. The summed E-state index contributed by atoms with van der Waals surface area (Å²) in [6.07, 6.45) is 49.0. The molecule has 0 aromatic rings. The van der Waals surface area contributed by atoms with E-state index < -0.39 is 37.1 Å². The highest BCUT2D eigenvalue weighted by Crippen LogP contribution is 2.20. The largest absolute Gasteiger partial charge is 0.471 e. The van der Waals surface area contributed by atoms with Gasteiger partial charge in [0, 0.05) is 25.7 Å². The zero-order valence-corrected chi connectivity index (χ0v) is 61.4. The van der Waals surface area contributed by atoms with Gasteiger partial charge in [0.05, 0.1) is 36.8 Å². The number of nitrogens with zero attached hydrogens (tertiary/aromatic N) is 2. The van der Waals surface area contributed by atoms with Crippen LogP contribution in [-0.4, -0.2) is 120 Å². The van der Waals surface area contributed by atoms with Gasteiger partial charge in [-0.1, -0.05) is 316 Å². The van der Waals surface area contributed by atoms with Crippen LogP contribution in [0.4, 0.5) is 13.2 Å². The van der Waals surface area contributed by atoms with E-state index in [4.69, 9.17) is 18.9 Å². The first-order chi connectivity index (χ1) is 43.0. The Labute approximate surface area is 565 Å². The third-order valence-corrected chi connectivity index (χ3v) is 17.6. The predicted octanol–water partition coefficient (Wildman–Crippen LogP) is 20.9. The van der Waals surface area contributed by atoms with E-state index in [0.717, 1.165) is 64.2 Å². The summed E-state index contributed by atoms with van der Waals surface area (Å²) in [7, 11) is 0. The van der Waals surface area contributed by atoms with Gasteiger partial charge in [-0.25, -0.2) is 0 Å². The molecule has 0 spiro atoms. The Morgan fingerprint density at radius 2 is 0.483 bits per heavy atom. The second-order valence-electron chi connectivity index (χ2n) is 23.8. The maximum absolute atomic E-state index is 13.0. The summed E-state index contributed by atoms with van der Waals surface area (Å²) < 4.78 is 59.9. The zero-order valence-electron chi connectivity index (χ0n) is 56.7. The van der Waals surface area contributed by atoms with Crippen LogP contribution >= 0.6 is 47.8 Å². The molecule has 0 radical (unpaired) electrons. The number of carbonyl (C=O) groups is 7. The molecule has 0 aliphatic rings. The lowest BCUT2D eigenvalue weighted by Crippen LogP contribution is -2.44. The number of hydrogen-bond donors (Lipinski definition) is 0. The molecule has 0 heterocycles. The molecular formula is C70H128Br3F3N2O11. The van der Waals surface area contributed by atoms with Gasteiger partial charge in [-0.15, -0.1) is 0 Å². The van der Waals surface area contributed by atoms with Gasteiger partial charge in [-0.3, -0.25) is 33.6 Å². The van der Waals surface area contributed by atoms with Gasteiger partial charge in [0.15, 0.2) is 0 Å².